The molecule has 2 heteroatoms. The minimum absolute atomic E-state index is 0.143. The molecule has 0 bridgehead atoms. The zero-order chi connectivity index (χ0) is 12.1. The van der Waals surface area contributed by atoms with Crippen LogP contribution >= 0.6 is 0 Å². The number of hydrogen-bond donors (Lipinski definition) is 1. The van der Waals surface area contributed by atoms with Gasteiger partial charge in [-0.15, -0.1) is 6.58 Å². The highest BCUT2D eigenvalue weighted by molar-refractivity contribution is 5.47. The van der Waals surface area contributed by atoms with Crippen molar-refractivity contribution in [3.05, 3.63) is 66.6 Å². The second kappa shape index (κ2) is 5.39. The lowest BCUT2D eigenvalue weighted by molar-refractivity contribution is 0.480. The molecule has 17 heavy (non-hydrogen) atoms. The van der Waals surface area contributed by atoms with Crippen molar-refractivity contribution in [1.29, 1.82) is 0 Å². The first-order valence-electron chi connectivity index (χ1n) is 5.77. The molecule has 0 saturated heterocycles. The zero-order valence-corrected chi connectivity index (χ0v) is 10.0. The van der Waals surface area contributed by atoms with Gasteiger partial charge in [-0.05, 0) is 43.2 Å². The summed E-state index contributed by atoms with van der Waals surface area (Å²) in [5.41, 5.74) is 2.35. The van der Waals surface area contributed by atoms with Crippen molar-refractivity contribution in [2.75, 3.05) is 5.32 Å². The summed E-state index contributed by atoms with van der Waals surface area (Å²) in [5, 5.41) is 3.46. The van der Waals surface area contributed by atoms with Crippen molar-refractivity contribution < 1.29 is 4.42 Å². The van der Waals surface area contributed by atoms with Crippen LogP contribution in [0.2, 0.25) is 0 Å². The Morgan fingerprint density at radius 1 is 1.35 bits per heavy atom. The summed E-state index contributed by atoms with van der Waals surface area (Å²) in [4.78, 5) is 0. The molecule has 0 aliphatic heterocycles. The fourth-order valence-corrected chi connectivity index (χ4v) is 1.84. The maximum atomic E-state index is 5.44. The summed E-state index contributed by atoms with van der Waals surface area (Å²) in [6.45, 7) is 5.87. The molecule has 1 aromatic heterocycles. The van der Waals surface area contributed by atoms with Crippen LogP contribution in [0, 0.1) is 6.92 Å². The third-order valence-electron chi connectivity index (χ3n) is 2.65. The Hall–Kier alpha value is -1.96. The van der Waals surface area contributed by atoms with Gasteiger partial charge in [0.15, 0.2) is 0 Å². The zero-order valence-electron chi connectivity index (χ0n) is 10.0. The van der Waals surface area contributed by atoms with Gasteiger partial charge in [-0.1, -0.05) is 18.2 Å². The molecular formula is C15H17NO. The van der Waals surface area contributed by atoms with Gasteiger partial charge in [-0.2, -0.15) is 0 Å². The average molecular weight is 227 g/mol. The molecule has 0 fully saturated rings. The Balaban J connectivity index is 2.15. The van der Waals surface area contributed by atoms with Crippen molar-refractivity contribution in [3.63, 3.8) is 0 Å². The van der Waals surface area contributed by atoms with Crippen LogP contribution in [-0.2, 0) is 0 Å². The molecule has 0 radical (unpaired) electrons. The standard InChI is InChI=1S/C15H17NO/c1-3-6-14(15-9-5-10-17-15)16-13-8-4-7-12(2)11-13/h3-5,7-11,14,16H,1,6H2,2H3. The fourth-order valence-electron chi connectivity index (χ4n) is 1.84. The van der Waals surface area contributed by atoms with Gasteiger partial charge in [-0.3, -0.25) is 0 Å². The van der Waals surface area contributed by atoms with Crippen LogP contribution in [0.5, 0.6) is 0 Å². The molecule has 2 nitrogen and oxygen atoms in total. The minimum atomic E-state index is 0.143. The molecule has 0 saturated carbocycles. The van der Waals surface area contributed by atoms with E-state index in [-0.39, 0.29) is 6.04 Å². The third kappa shape index (κ3) is 3.00. The predicted molar refractivity (Wildman–Crippen MR) is 71.1 cm³/mol. The lowest BCUT2D eigenvalue weighted by Crippen LogP contribution is -2.09. The molecule has 0 amide bonds. The van der Waals surface area contributed by atoms with Crippen molar-refractivity contribution >= 4 is 5.69 Å². The summed E-state index contributed by atoms with van der Waals surface area (Å²) in [5.74, 6) is 0.936. The molecule has 2 rings (SSSR count). The highest BCUT2D eigenvalue weighted by Gasteiger charge is 2.12. The van der Waals surface area contributed by atoms with Gasteiger partial charge in [0, 0.05) is 5.69 Å². The first-order valence-corrected chi connectivity index (χ1v) is 5.77. The fraction of sp³-hybridized carbons (Fsp3) is 0.200. The van der Waals surface area contributed by atoms with E-state index in [1.807, 2.05) is 24.3 Å². The van der Waals surface area contributed by atoms with E-state index in [1.54, 1.807) is 6.26 Å². The van der Waals surface area contributed by atoms with Crippen molar-refractivity contribution in [1.82, 2.24) is 0 Å². The monoisotopic (exact) mass is 227 g/mol. The van der Waals surface area contributed by atoms with E-state index in [9.17, 15) is 0 Å². The van der Waals surface area contributed by atoms with Crippen molar-refractivity contribution in [2.24, 2.45) is 0 Å². The third-order valence-corrected chi connectivity index (χ3v) is 2.65. The number of benzene rings is 1. The highest BCUT2D eigenvalue weighted by atomic mass is 16.3. The largest absolute Gasteiger partial charge is 0.467 e. The van der Waals surface area contributed by atoms with Gasteiger partial charge >= 0.3 is 0 Å². The van der Waals surface area contributed by atoms with E-state index in [0.29, 0.717) is 0 Å². The van der Waals surface area contributed by atoms with E-state index in [1.165, 1.54) is 5.56 Å². The molecule has 1 aromatic carbocycles. The van der Waals surface area contributed by atoms with Crippen LogP contribution < -0.4 is 5.32 Å². The van der Waals surface area contributed by atoms with Crippen LogP contribution in [-0.4, -0.2) is 0 Å². The highest BCUT2D eigenvalue weighted by Crippen LogP contribution is 2.23. The van der Waals surface area contributed by atoms with Crippen molar-refractivity contribution in [3.8, 4) is 0 Å². The molecule has 0 aliphatic carbocycles. The summed E-state index contributed by atoms with van der Waals surface area (Å²) in [6, 6.07) is 12.3. The summed E-state index contributed by atoms with van der Waals surface area (Å²) in [6.07, 6.45) is 4.43. The van der Waals surface area contributed by atoms with Gasteiger partial charge in [0.05, 0.1) is 12.3 Å². The van der Waals surface area contributed by atoms with Gasteiger partial charge in [0.25, 0.3) is 0 Å². The van der Waals surface area contributed by atoms with Crippen LogP contribution in [0.1, 0.15) is 23.8 Å². The van der Waals surface area contributed by atoms with E-state index >= 15 is 0 Å². The molecule has 1 N–H and O–H groups in total. The topological polar surface area (TPSA) is 25.2 Å². The first kappa shape index (κ1) is 11.5. The average Bonchev–Trinajstić information content (AvgIpc) is 2.82. The Kier molecular flexibility index (Phi) is 3.66. The predicted octanol–water partition coefficient (Wildman–Crippen LogP) is 4.32. The second-order valence-electron chi connectivity index (χ2n) is 4.11. The molecule has 1 heterocycles. The van der Waals surface area contributed by atoms with E-state index < -0.39 is 0 Å². The molecule has 2 aromatic rings. The first-order chi connectivity index (χ1) is 8.29. The summed E-state index contributed by atoms with van der Waals surface area (Å²) < 4.78 is 5.44. The Morgan fingerprint density at radius 2 is 2.24 bits per heavy atom. The maximum absolute atomic E-state index is 5.44. The Morgan fingerprint density at radius 3 is 2.88 bits per heavy atom. The lowest BCUT2D eigenvalue weighted by Gasteiger charge is -2.16. The molecule has 0 spiro atoms. The Bertz CT molecular complexity index is 473. The quantitative estimate of drug-likeness (QED) is 0.770. The van der Waals surface area contributed by atoms with Gasteiger partial charge in [-0.25, -0.2) is 0 Å². The smallest absolute Gasteiger partial charge is 0.126 e. The van der Waals surface area contributed by atoms with Crippen LogP contribution in [0.4, 0.5) is 5.69 Å². The van der Waals surface area contributed by atoms with Crippen molar-refractivity contribution in [2.45, 2.75) is 19.4 Å². The lowest BCUT2D eigenvalue weighted by atomic mass is 10.1. The minimum Gasteiger partial charge on any atom is -0.467 e. The van der Waals surface area contributed by atoms with Crippen LogP contribution in [0.3, 0.4) is 0 Å². The summed E-state index contributed by atoms with van der Waals surface area (Å²) >= 11 is 0. The molecule has 1 atom stereocenters. The molecular weight excluding hydrogens is 210 g/mol. The number of anilines is 1. The molecule has 1 unspecified atom stereocenters. The van der Waals surface area contributed by atoms with Gasteiger partial charge < -0.3 is 9.73 Å². The maximum Gasteiger partial charge on any atom is 0.126 e. The number of rotatable bonds is 5. The van der Waals surface area contributed by atoms with Crippen LogP contribution in [0.25, 0.3) is 0 Å². The number of hydrogen-bond acceptors (Lipinski definition) is 2. The SMILES string of the molecule is C=CCC(Nc1cccc(C)c1)c1ccco1. The van der Waals surface area contributed by atoms with Gasteiger partial charge in [0.2, 0.25) is 0 Å². The molecule has 0 aliphatic rings. The second-order valence-corrected chi connectivity index (χ2v) is 4.11. The normalized spacial score (nSPS) is 12.1. The summed E-state index contributed by atoms with van der Waals surface area (Å²) in [7, 11) is 0. The Labute approximate surface area is 102 Å². The number of nitrogens with one attached hydrogen (secondary N) is 1. The number of aryl methyl sites for hydroxylation is 1. The van der Waals surface area contributed by atoms with Gasteiger partial charge in [0.1, 0.15) is 5.76 Å². The van der Waals surface area contributed by atoms with Crippen LogP contribution in [0.15, 0.2) is 59.7 Å². The van der Waals surface area contributed by atoms with E-state index in [2.05, 4.69) is 37.0 Å². The van der Waals surface area contributed by atoms with E-state index in [4.69, 9.17) is 4.42 Å². The molecule has 88 valence electrons. The number of furan rings is 1. The van der Waals surface area contributed by atoms with E-state index in [0.717, 1.165) is 17.9 Å².